The average Bonchev–Trinajstić information content (AvgIpc) is 3.23. The van der Waals surface area contributed by atoms with E-state index in [1.807, 2.05) is 20.8 Å². The molecule has 0 aromatic heterocycles. The third-order valence-electron chi connectivity index (χ3n) is 5.88. The zero-order valence-electron chi connectivity index (χ0n) is 17.4. The lowest BCUT2D eigenvalue weighted by molar-refractivity contribution is -0.186. The van der Waals surface area contributed by atoms with Gasteiger partial charge in [0.2, 0.25) is 0 Å². The van der Waals surface area contributed by atoms with Gasteiger partial charge in [-0.15, -0.1) is 0 Å². The van der Waals surface area contributed by atoms with Crippen molar-refractivity contribution < 1.29 is 19.0 Å². The van der Waals surface area contributed by atoms with E-state index in [1.54, 1.807) is 4.90 Å². The van der Waals surface area contributed by atoms with Crippen LogP contribution < -0.4 is 5.32 Å². The first-order valence-corrected chi connectivity index (χ1v) is 10.7. The van der Waals surface area contributed by atoms with Crippen molar-refractivity contribution in [1.29, 1.82) is 0 Å². The lowest BCUT2D eigenvalue weighted by Gasteiger charge is -2.39. The number of aliphatic imine (C=N–C) groups is 1. The maximum atomic E-state index is 12.3. The number of rotatable bonds is 2. The molecule has 0 aromatic rings. The molecule has 8 nitrogen and oxygen atoms in total. The van der Waals surface area contributed by atoms with Crippen molar-refractivity contribution >= 4 is 12.1 Å². The van der Waals surface area contributed by atoms with Crippen LogP contribution in [0.5, 0.6) is 0 Å². The second kappa shape index (κ2) is 7.71. The van der Waals surface area contributed by atoms with Crippen molar-refractivity contribution in [2.45, 2.75) is 76.4 Å². The van der Waals surface area contributed by atoms with E-state index in [1.165, 1.54) is 19.3 Å². The van der Waals surface area contributed by atoms with Gasteiger partial charge in [-0.05, 0) is 33.6 Å². The molecule has 28 heavy (non-hydrogen) atoms. The van der Waals surface area contributed by atoms with E-state index in [0.717, 1.165) is 25.3 Å². The Kier molecular flexibility index (Phi) is 5.44. The number of guanidine groups is 1. The Morgan fingerprint density at radius 1 is 1.29 bits per heavy atom. The van der Waals surface area contributed by atoms with Gasteiger partial charge in [0.15, 0.2) is 11.7 Å². The van der Waals surface area contributed by atoms with E-state index in [-0.39, 0.29) is 24.0 Å². The second-order valence-corrected chi connectivity index (χ2v) is 9.34. The first kappa shape index (κ1) is 19.8. The summed E-state index contributed by atoms with van der Waals surface area (Å²) in [6.07, 6.45) is 5.53. The van der Waals surface area contributed by atoms with Crippen LogP contribution in [0.3, 0.4) is 0 Å². The molecule has 1 amide bonds. The molecule has 158 valence electrons. The fourth-order valence-corrected chi connectivity index (χ4v) is 4.50. The number of amides is 1. The first-order chi connectivity index (χ1) is 13.3. The van der Waals surface area contributed by atoms with Gasteiger partial charge in [0, 0.05) is 39.0 Å². The van der Waals surface area contributed by atoms with Crippen LogP contribution >= 0.6 is 0 Å². The SMILES string of the molecule is CC(C)(C)OC(=O)N1CCN2C(NCC3COC4(CCCCC4)O3)=NCC2C1. The van der Waals surface area contributed by atoms with Crippen LogP contribution in [0.25, 0.3) is 0 Å². The zero-order valence-corrected chi connectivity index (χ0v) is 17.4. The van der Waals surface area contributed by atoms with Crippen LogP contribution in [-0.4, -0.2) is 84.7 Å². The topological polar surface area (TPSA) is 75.6 Å². The molecule has 1 spiro atoms. The van der Waals surface area contributed by atoms with Crippen molar-refractivity contribution in [2.75, 3.05) is 39.3 Å². The number of hydrogen-bond donors (Lipinski definition) is 1. The highest BCUT2D eigenvalue weighted by Crippen LogP contribution is 2.37. The number of nitrogens with one attached hydrogen (secondary N) is 1. The third-order valence-corrected chi connectivity index (χ3v) is 5.88. The molecule has 2 saturated heterocycles. The summed E-state index contributed by atoms with van der Waals surface area (Å²) in [5, 5.41) is 3.46. The third kappa shape index (κ3) is 4.38. The minimum absolute atomic E-state index is 0.0721. The maximum Gasteiger partial charge on any atom is 0.410 e. The molecule has 1 aliphatic carbocycles. The van der Waals surface area contributed by atoms with Crippen LogP contribution in [0.4, 0.5) is 4.79 Å². The first-order valence-electron chi connectivity index (χ1n) is 10.7. The Hall–Kier alpha value is -1.54. The van der Waals surface area contributed by atoms with Crippen molar-refractivity contribution in [1.82, 2.24) is 15.1 Å². The number of carbonyl (C=O) groups is 1. The molecule has 2 unspecified atom stereocenters. The molecule has 8 heteroatoms. The molecule has 3 fully saturated rings. The Bertz CT molecular complexity index is 612. The molecule has 4 aliphatic rings. The number of ether oxygens (including phenoxy) is 3. The molecule has 1 N–H and O–H groups in total. The summed E-state index contributed by atoms with van der Waals surface area (Å²) in [7, 11) is 0. The number of piperazine rings is 1. The fourth-order valence-electron chi connectivity index (χ4n) is 4.50. The molecule has 0 radical (unpaired) electrons. The Morgan fingerprint density at radius 2 is 2.07 bits per heavy atom. The van der Waals surface area contributed by atoms with Crippen LogP contribution in [0.1, 0.15) is 52.9 Å². The quantitative estimate of drug-likeness (QED) is 0.772. The summed E-state index contributed by atoms with van der Waals surface area (Å²) in [4.78, 5) is 21.1. The van der Waals surface area contributed by atoms with Gasteiger partial charge in [0.25, 0.3) is 0 Å². The summed E-state index contributed by atoms with van der Waals surface area (Å²) in [6, 6.07) is 0.217. The number of hydrogen-bond acceptors (Lipinski definition) is 7. The van der Waals surface area contributed by atoms with E-state index in [4.69, 9.17) is 14.2 Å². The van der Waals surface area contributed by atoms with Crippen LogP contribution in [0, 0.1) is 0 Å². The highest BCUT2D eigenvalue weighted by atomic mass is 16.7. The minimum Gasteiger partial charge on any atom is -0.444 e. The van der Waals surface area contributed by atoms with Gasteiger partial charge >= 0.3 is 6.09 Å². The largest absolute Gasteiger partial charge is 0.444 e. The predicted octanol–water partition coefficient (Wildman–Crippen LogP) is 1.94. The Morgan fingerprint density at radius 3 is 2.82 bits per heavy atom. The van der Waals surface area contributed by atoms with Crippen molar-refractivity contribution in [3.63, 3.8) is 0 Å². The Labute approximate surface area is 167 Å². The summed E-state index contributed by atoms with van der Waals surface area (Å²) < 4.78 is 17.8. The molecule has 3 heterocycles. The molecule has 3 aliphatic heterocycles. The molecule has 0 bridgehead atoms. The number of fused-ring (bicyclic) bond motifs is 1. The summed E-state index contributed by atoms with van der Waals surface area (Å²) in [6.45, 7) is 9.81. The average molecular weight is 395 g/mol. The fraction of sp³-hybridized carbons (Fsp3) is 0.900. The Balaban J connectivity index is 1.24. The van der Waals surface area contributed by atoms with E-state index < -0.39 is 5.60 Å². The van der Waals surface area contributed by atoms with Gasteiger partial charge in [-0.25, -0.2) is 4.79 Å². The summed E-state index contributed by atoms with van der Waals surface area (Å²) in [5.74, 6) is 0.589. The molecule has 1 saturated carbocycles. The molecule has 2 atom stereocenters. The monoisotopic (exact) mass is 394 g/mol. The van der Waals surface area contributed by atoms with Gasteiger partial charge in [0.05, 0.1) is 19.2 Å². The van der Waals surface area contributed by atoms with Crippen LogP contribution in [-0.2, 0) is 14.2 Å². The second-order valence-electron chi connectivity index (χ2n) is 9.34. The van der Waals surface area contributed by atoms with Gasteiger partial charge in [0.1, 0.15) is 11.7 Å². The number of carbonyl (C=O) groups excluding carboxylic acids is 1. The molecular weight excluding hydrogens is 360 g/mol. The lowest BCUT2D eigenvalue weighted by Crippen LogP contribution is -2.58. The predicted molar refractivity (Wildman–Crippen MR) is 105 cm³/mol. The van der Waals surface area contributed by atoms with E-state index in [2.05, 4.69) is 15.2 Å². The smallest absolute Gasteiger partial charge is 0.410 e. The van der Waals surface area contributed by atoms with E-state index in [0.29, 0.717) is 32.8 Å². The normalized spacial score (nSPS) is 29.6. The summed E-state index contributed by atoms with van der Waals surface area (Å²) in [5.41, 5.74) is -0.466. The van der Waals surface area contributed by atoms with Crippen molar-refractivity contribution in [2.24, 2.45) is 4.99 Å². The van der Waals surface area contributed by atoms with Crippen LogP contribution in [0.15, 0.2) is 4.99 Å². The summed E-state index contributed by atoms with van der Waals surface area (Å²) >= 11 is 0. The van der Waals surface area contributed by atoms with E-state index >= 15 is 0 Å². The van der Waals surface area contributed by atoms with Gasteiger partial charge in [-0.3, -0.25) is 4.99 Å². The van der Waals surface area contributed by atoms with Crippen molar-refractivity contribution in [3.8, 4) is 0 Å². The molecular formula is C20H34N4O4. The maximum absolute atomic E-state index is 12.3. The standard InChI is InChI=1S/C20H34N4O4/c1-19(2,3)28-18(25)23-9-10-24-15(13-23)11-21-17(24)22-12-16-14-26-20(27-16)7-5-4-6-8-20/h15-16H,4-14H2,1-3H3,(H,21,22). The molecule has 0 aromatic carbocycles. The van der Waals surface area contributed by atoms with Crippen LogP contribution in [0.2, 0.25) is 0 Å². The zero-order chi connectivity index (χ0) is 19.8. The van der Waals surface area contributed by atoms with Gasteiger partial charge in [-0.1, -0.05) is 6.42 Å². The highest BCUT2D eigenvalue weighted by molar-refractivity contribution is 5.82. The van der Waals surface area contributed by atoms with E-state index in [9.17, 15) is 4.79 Å². The lowest BCUT2D eigenvalue weighted by atomic mass is 9.94. The van der Waals surface area contributed by atoms with Gasteiger partial charge in [-0.2, -0.15) is 0 Å². The molecule has 4 rings (SSSR count). The number of nitrogens with zero attached hydrogens (tertiary/aromatic N) is 3. The minimum atomic E-state index is -0.466. The van der Waals surface area contributed by atoms with Gasteiger partial charge < -0.3 is 29.3 Å². The van der Waals surface area contributed by atoms with Crippen molar-refractivity contribution in [3.05, 3.63) is 0 Å². The highest BCUT2D eigenvalue weighted by Gasteiger charge is 2.42.